The molecule has 6 heteroatoms. The molecule has 0 aliphatic carbocycles. The van der Waals surface area contributed by atoms with Gasteiger partial charge in [-0.3, -0.25) is 9.79 Å². The summed E-state index contributed by atoms with van der Waals surface area (Å²) in [5.41, 5.74) is 4.31. The van der Waals surface area contributed by atoms with Crippen LogP contribution in [0.3, 0.4) is 0 Å². The van der Waals surface area contributed by atoms with Crippen LogP contribution in [0.15, 0.2) is 53.5 Å². The lowest BCUT2D eigenvalue weighted by atomic mass is 10.1. The highest BCUT2D eigenvalue weighted by atomic mass is 16.1. The predicted molar refractivity (Wildman–Crippen MR) is 122 cm³/mol. The molecule has 0 atom stereocenters. The molecular weight excluding hydrogens is 362 g/mol. The molecule has 2 rings (SSSR count). The number of carbonyl (C=O) groups is 1. The molecule has 6 nitrogen and oxygen atoms in total. The third-order valence-corrected chi connectivity index (χ3v) is 4.77. The van der Waals surface area contributed by atoms with Crippen molar-refractivity contribution < 1.29 is 4.79 Å². The van der Waals surface area contributed by atoms with Gasteiger partial charge in [-0.05, 0) is 55.7 Å². The number of amides is 1. The summed E-state index contributed by atoms with van der Waals surface area (Å²) in [6.45, 7) is 7.68. The fourth-order valence-corrected chi connectivity index (χ4v) is 3.16. The van der Waals surface area contributed by atoms with E-state index in [1.165, 1.54) is 11.3 Å². The Bertz CT molecular complexity index is 818. The first-order valence-electron chi connectivity index (χ1n) is 10.1. The van der Waals surface area contributed by atoms with E-state index in [4.69, 9.17) is 0 Å². The minimum absolute atomic E-state index is 0.0635. The first-order chi connectivity index (χ1) is 14.1. The van der Waals surface area contributed by atoms with Gasteiger partial charge >= 0.3 is 0 Å². The minimum atomic E-state index is -0.0635. The van der Waals surface area contributed by atoms with Crippen molar-refractivity contribution in [3.8, 4) is 0 Å². The van der Waals surface area contributed by atoms with E-state index in [1.807, 2.05) is 24.3 Å². The standard InChI is InChI=1S/C23H33N5O/c1-5-28(21-11-6-8-18(2)16-21)15-14-27-23(25-4)26-13-12-19-9-7-10-20(17-19)22(29)24-3/h6-11,16-17H,5,12-15H2,1-4H3,(H,24,29)(H2,25,26,27). The predicted octanol–water partition coefficient (Wildman–Crippen LogP) is 2.59. The second-order valence-corrected chi connectivity index (χ2v) is 6.87. The number of nitrogens with zero attached hydrogens (tertiary/aromatic N) is 2. The largest absolute Gasteiger partial charge is 0.370 e. The number of benzene rings is 2. The van der Waals surface area contributed by atoms with Crippen LogP contribution in [-0.4, -0.2) is 52.1 Å². The van der Waals surface area contributed by atoms with Gasteiger partial charge in [0, 0.05) is 51.5 Å². The Kier molecular flexibility index (Phi) is 9.02. The molecule has 0 aliphatic rings. The highest BCUT2D eigenvalue weighted by Crippen LogP contribution is 2.14. The van der Waals surface area contributed by atoms with Gasteiger partial charge in [0.2, 0.25) is 0 Å². The lowest BCUT2D eigenvalue weighted by Gasteiger charge is -2.24. The van der Waals surface area contributed by atoms with Crippen LogP contribution in [0.4, 0.5) is 5.69 Å². The Morgan fingerprint density at radius 2 is 1.83 bits per heavy atom. The molecule has 29 heavy (non-hydrogen) atoms. The Morgan fingerprint density at radius 3 is 2.52 bits per heavy atom. The van der Waals surface area contributed by atoms with Gasteiger partial charge in [-0.2, -0.15) is 0 Å². The molecule has 0 radical (unpaired) electrons. The average molecular weight is 396 g/mol. The summed E-state index contributed by atoms with van der Waals surface area (Å²) in [5, 5.41) is 9.37. The highest BCUT2D eigenvalue weighted by Gasteiger charge is 2.06. The number of carbonyl (C=O) groups excluding carboxylic acids is 1. The van der Waals surface area contributed by atoms with E-state index in [-0.39, 0.29) is 5.91 Å². The van der Waals surface area contributed by atoms with E-state index >= 15 is 0 Å². The van der Waals surface area contributed by atoms with Gasteiger partial charge in [-0.25, -0.2) is 0 Å². The number of nitrogens with one attached hydrogen (secondary N) is 3. The lowest BCUT2D eigenvalue weighted by Crippen LogP contribution is -2.42. The molecule has 1 amide bonds. The fraction of sp³-hybridized carbons (Fsp3) is 0.391. The molecule has 156 valence electrons. The molecule has 0 spiro atoms. The van der Waals surface area contributed by atoms with Crippen molar-refractivity contribution in [1.82, 2.24) is 16.0 Å². The second-order valence-electron chi connectivity index (χ2n) is 6.87. The van der Waals surface area contributed by atoms with Crippen LogP contribution < -0.4 is 20.9 Å². The maximum Gasteiger partial charge on any atom is 0.251 e. The number of aryl methyl sites for hydroxylation is 1. The van der Waals surface area contributed by atoms with Crippen LogP contribution in [0, 0.1) is 6.92 Å². The molecule has 3 N–H and O–H groups in total. The average Bonchev–Trinajstić information content (AvgIpc) is 2.75. The SMILES string of the molecule is CCN(CCNC(=NC)NCCc1cccc(C(=O)NC)c1)c1cccc(C)c1. The molecule has 0 saturated carbocycles. The van der Waals surface area contributed by atoms with E-state index in [0.29, 0.717) is 5.56 Å². The Morgan fingerprint density at radius 1 is 1.07 bits per heavy atom. The molecule has 2 aromatic rings. The van der Waals surface area contributed by atoms with Crippen LogP contribution in [-0.2, 0) is 6.42 Å². The van der Waals surface area contributed by atoms with Gasteiger partial charge in [-0.15, -0.1) is 0 Å². The van der Waals surface area contributed by atoms with Crippen molar-refractivity contribution in [2.45, 2.75) is 20.3 Å². The number of anilines is 1. The highest BCUT2D eigenvalue weighted by molar-refractivity contribution is 5.94. The zero-order valence-corrected chi connectivity index (χ0v) is 18.0. The molecule has 0 fully saturated rings. The van der Waals surface area contributed by atoms with E-state index in [0.717, 1.165) is 44.1 Å². The number of likely N-dealkylation sites (N-methyl/N-ethyl adjacent to an activating group) is 1. The molecule has 0 bridgehead atoms. The van der Waals surface area contributed by atoms with Crippen LogP contribution in [0.1, 0.15) is 28.4 Å². The van der Waals surface area contributed by atoms with Gasteiger partial charge in [-0.1, -0.05) is 24.3 Å². The van der Waals surface area contributed by atoms with Crippen molar-refractivity contribution >= 4 is 17.6 Å². The minimum Gasteiger partial charge on any atom is -0.370 e. The zero-order chi connectivity index (χ0) is 21.1. The first-order valence-corrected chi connectivity index (χ1v) is 10.1. The van der Waals surface area contributed by atoms with Crippen molar-refractivity contribution in [1.29, 1.82) is 0 Å². The number of rotatable bonds is 9. The number of aliphatic imine (C=N–C) groups is 1. The maximum absolute atomic E-state index is 11.8. The molecule has 0 heterocycles. The van der Waals surface area contributed by atoms with Gasteiger partial charge in [0.1, 0.15) is 0 Å². The van der Waals surface area contributed by atoms with Crippen LogP contribution in [0.25, 0.3) is 0 Å². The summed E-state index contributed by atoms with van der Waals surface area (Å²) in [5.74, 6) is 0.721. The number of guanidine groups is 1. The molecule has 0 aliphatic heterocycles. The second kappa shape index (κ2) is 11.7. The first kappa shape index (κ1) is 22.3. The smallest absolute Gasteiger partial charge is 0.251 e. The normalized spacial score (nSPS) is 11.1. The topological polar surface area (TPSA) is 68.8 Å². The maximum atomic E-state index is 11.8. The van der Waals surface area contributed by atoms with Crippen LogP contribution in [0.2, 0.25) is 0 Å². The van der Waals surface area contributed by atoms with Crippen molar-refractivity contribution in [3.63, 3.8) is 0 Å². The number of hydrogen-bond acceptors (Lipinski definition) is 3. The summed E-state index contributed by atoms with van der Waals surface area (Å²) in [7, 11) is 3.42. The molecule has 0 saturated heterocycles. The van der Waals surface area contributed by atoms with Crippen molar-refractivity contribution in [2.75, 3.05) is 45.2 Å². The van der Waals surface area contributed by atoms with E-state index in [2.05, 4.69) is 64.0 Å². The Balaban J connectivity index is 1.78. The summed E-state index contributed by atoms with van der Waals surface area (Å²) in [6, 6.07) is 16.3. The Labute approximate surface area is 174 Å². The summed E-state index contributed by atoms with van der Waals surface area (Å²) in [6.07, 6.45) is 0.815. The van der Waals surface area contributed by atoms with E-state index < -0.39 is 0 Å². The number of hydrogen-bond donors (Lipinski definition) is 3. The quantitative estimate of drug-likeness (QED) is 0.451. The van der Waals surface area contributed by atoms with Crippen molar-refractivity contribution in [3.05, 3.63) is 65.2 Å². The fourth-order valence-electron chi connectivity index (χ4n) is 3.16. The van der Waals surface area contributed by atoms with Gasteiger partial charge in [0.05, 0.1) is 0 Å². The van der Waals surface area contributed by atoms with Crippen LogP contribution in [0.5, 0.6) is 0 Å². The third kappa shape index (κ3) is 7.14. The molecular formula is C23H33N5O. The van der Waals surface area contributed by atoms with Gasteiger partial charge in [0.15, 0.2) is 5.96 Å². The summed E-state index contributed by atoms with van der Waals surface area (Å²) < 4.78 is 0. The van der Waals surface area contributed by atoms with Gasteiger partial charge < -0.3 is 20.9 Å². The molecule has 0 unspecified atom stereocenters. The summed E-state index contributed by atoms with van der Waals surface area (Å²) >= 11 is 0. The van der Waals surface area contributed by atoms with E-state index in [9.17, 15) is 4.79 Å². The Hall–Kier alpha value is -3.02. The van der Waals surface area contributed by atoms with E-state index in [1.54, 1.807) is 14.1 Å². The molecule has 2 aromatic carbocycles. The van der Waals surface area contributed by atoms with Crippen LogP contribution >= 0.6 is 0 Å². The summed E-state index contributed by atoms with van der Waals surface area (Å²) in [4.78, 5) is 18.4. The van der Waals surface area contributed by atoms with Gasteiger partial charge in [0.25, 0.3) is 5.91 Å². The van der Waals surface area contributed by atoms with Crippen molar-refractivity contribution in [2.24, 2.45) is 4.99 Å². The monoisotopic (exact) mass is 395 g/mol. The zero-order valence-electron chi connectivity index (χ0n) is 18.0. The lowest BCUT2D eigenvalue weighted by molar-refractivity contribution is 0.0963. The molecule has 0 aromatic heterocycles. The third-order valence-electron chi connectivity index (χ3n) is 4.77.